The summed E-state index contributed by atoms with van der Waals surface area (Å²) in [5, 5.41) is 3.02. The highest BCUT2D eigenvalue weighted by molar-refractivity contribution is 5.88. The summed E-state index contributed by atoms with van der Waals surface area (Å²) in [6, 6.07) is 24.6. The summed E-state index contributed by atoms with van der Waals surface area (Å²) < 4.78 is 10.7. The molecule has 1 atom stereocenters. The Labute approximate surface area is 214 Å². The Morgan fingerprint density at radius 3 is 2.00 bits per heavy atom. The fourth-order valence-electron chi connectivity index (χ4n) is 4.15. The molecule has 0 saturated heterocycles. The number of aryl methyl sites for hydroxylation is 1. The van der Waals surface area contributed by atoms with Gasteiger partial charge in [-0.3, -0.25) is 9.59 Å². The molecular weight excluding hydrogens is 452 g/mol. The van der Waals surface area contributed by atoms with Gasteiger partial charge in [-0.25, -0.2) is 0 Å². The molecule has 2 amide bonds. The van der Waals surface area contributed by atoms with Crippen LogP contribution in [-0.2, 0) is 29.0 Å². The van der Waals surface area contributed by atoms with Gasteiger partial charge in [0.25, 0.3) is 0 Å². The Morgan fingerprint density at radius 1 is 0.806 bits per heavy atom. The van der Waals surface area contributed by atoms with E-state index in [4.69, 9.17) is 9.47 Å². The van der Waals surface area contributed by atoms with E-state index in [0.717, 1.165) is 16.7 Å². The molecule has 0 radical (unpaired) electrons. The topological polar surface area (TPSA) is 67.9 Å². The maximum absolute atomic E-state index is 13.7. The first-order chi connectivity index (χ1) is 17.4. The molecule has 0 aliphatic carbocycles. The number of carbonyl (C=O) groups excluding carboxylic acids is 2. The summed E-state index contributed by atoms with van der Waals surface area (Å²) in [5.41, 5.74) is 2.95. The molecule has 0 aliphatic rings. The first-order valence-electron chi connectivity index (χ1n) is 12.3. The minimum Gasteiger partial charge on any atom is -0.493 e. The van der Waals surface area contributed by atoms with Gasteiger partial charge in [0.05, 0.1) is 14.2 Å². The third-order valence-corrected chi connectivity index (χ3v) is 5.97. The van der Waals surface area contributed by atoms with Crippen LogP contribution in [0.15, 0.2) is 78.9 Å². The number of amides is 2. The quantitative estimate of drug-likeness (QED) is 0.398. The Hall–Kier alpha value is -3.80. The second-order valence-corrected chi connectivity index (χ2v) is 9.07. The number of rotatable bonds is 12. The summed E-state index contributed by atoms with van der Waals surface area (Å²) in [6.45, 7) is 4.21. The number of nitrogens with zero attached hydrogens (tertiary/aromatic N) is 1. The lowest BCUT2D eigenvalue weighted by Crippen LogP contribution is -2.51. The molecule has 0 saturated carbocycles. The predicted octanol–water partition coefficient (Wildman–Crippen LogP) is 4.80. The molecule has 0 spiro atoms. The maximum Gasteiger partial charge on any atom is 0.243 e. The molecule has 0 aliphatic heterocycles. The third-order valence-electron chi connectivity index (χ3n) is 5.97. The largest absolute Gasteiger partial charge is 0.493 e. The SMILES string of the molecule is COc1ccc(CCC(=O)N(Cc2ccccc2)C(Cc2ccccc2)C(=O)NC(C)C)cc1OC. The molecule has 190 valence electrons. The molecule has 0 heterocycles. The highest BCUT2D eigenvalue weighted by Gasteiger charge is 2.30. The van der Waals surface area contributed by atoms with Gasteiger partial charge in [-0.2, -0.15) is 0 Å². The van der Waals surface area contributed by atoms with E-state index in [1.807, 2.05) is 92.7 Å². The van der Waals surface area contributed by atoms with Crippen molar-refractivity contribution in [2.75, 3.05) is 14.2 Å². The molecule has 6 heteroatoms. The summed E-state index contributed by atoms with van der Waals surface area (Å²) >= 11 is 0. The van der Waals surface area contributed by atoms with Gasteiger partial charge >= 0.3 is 0 Å². The Bertz CT molecular complexity index is 1120. The lowest BCUT2D eigenvalue weighted by molar-refractivity contribution is -0.141. The minimum atomic E-state index is -0.632. The molecule has 1 unspecified atom stereocenters. The van der Waals surface area contributed by atoms with Gasteiger partial charge < -0.3 is 19.7 Å². The number of ether oxygens (including phenoxy) is 2. The summed E-state index contributed by atoms with van der Waals surface area (Å²) in [5.74, 6) is 1.05. The van der Waals surface area contributed by atoms with Crippen LogP contribution in [0.25, 0.3) is 0 Å². The zero-order valence-corrected chi connectivity index (χ0v) is 21.6. The molecule has 1 N–H and O–H groups in total. The van der Waals surface area contributed by atoms with Crippen molar-refractivity contribution >= 4 is 11.8 Å². The van der Waals surface area contributed by atoms with Crippen molar-refractivity contribution in [3.8, 4) is 11.5 Å². The first kappa shape index (κ1) is 26.8. The van der Waals surface area contributed by atoms with Gasteiger partial charge in [0.1, 0.15) is 6.04 Å². The van der Waals surface area contributed by atoms with Gasteiger partial charge in [-0.1, -0.05) is 66.7 Å². The summed E-state index contributed by atoms with van der Waals surface area (Å²) in [7, 11) is 3.19. The van der Waals surface area contributed by atoms with Gasteiger partial charge in [-0.05, 0) is 49.1 Å². The van der Waals surface area contributed by atoms with E-state index < -0.39 is 6.04 Å². The number of hydrogen-bond donors (Lipinski definition) is 1. The lowest BCUT2D eigenvalue weighted by Gasteiger charge is -2.32. The van der Waals surface area contributed by atoms with E-state index in [-0.39, 0.29) is 24.3 Å². The van der Waals surface area contributed by atoms with E-state index in [1.54, 1.807) is 19.1 Å². The Morgan fingerprint density at radius 2 is 1.42 bits per heavy atom. The molecule has 0 bridgehead atoms. The number of hydrogen-bond acceptors (Lipinski definition) is 4. The van der Waals surface area contributed by atoms with Crippen LogP contribution in [0.1, 0.15) is 37.0 Å². The van der Waals surface area contributed by atoms with Gasteiger partial charge in [-0.15, -0.1) is 0 Å². The molecule has 6 nitrogen and oxygen atoms in total. The first-order valence-corrected chi connectivity index (χ1v) is 12.3. The molecule has 36 heavy (non-hydrogen) atoms. The minimum absolute atomic E-state index is 0.0313. The normalized spacial score (nSPS) is 11.6. The fraction of sp³-hybridized carbons (Fsp3) is 0.333. The van der Waals surface area contributed by atoms with Crippen molar-refractivity contribution < 1.29 is 19.1 Å². The summed E-state index contributed by atoms with van der Waals surface area (Å²) in [4.78, 5) is 28.8. The molecule has 3 aromatic rings. The van der Waals surface area contributed by atoms with Crippen LogP contribution < -0.4 is 14.8 Å². The van der Waals surface area contributed by atoms with Crippen LogP contribution in [-0.4, -0.2) is 43.0 Å². The molecule has 0 aromatic heterocycles. The zero-order valence-electron chi connectivity index (χ0n) is 21.6. The average molecular weight is 489 g/mol. The van der Waals surface area contributed by atoms with E-state index in [9.17, 15) is 9.59 Å². The van der Waals surface area contributed by atoms with Crippen molar-refractivity contribution in [2.24, 2.45) is 0 Å². The third kappa shape index (κ3) is 7.60. The predicted molar refractivity (Wildman–Crippen MR) is 142 cm³/mol. The number of carbonyl (C=O) groups is 2. The average Bonchev–Trinajstić information content (AvgIpc) is 2.89. The van der Waals surface area contributed by atoms with Crippen LogP contribution in [0, 0.1) is 0 Å². The number of methoxy groups -OCH3 is 2. The fourth-order valence-corrected chi connectivity index (χ4v) is 4.15. The van der Waals surface area contributed by atoms with Crippen LogP contribution in [0.5, 0.6) is 11.5 Å². The van der Waals surface area contributed by atoms with Crippen LogP contribution >= 0.6 is 0 Å². The van der Waals surface area contributed by atoms with Crippen LogP contribution in [0.3, 0.4) is 0 Å². The van der Waals surface area contributed by atoms with E-state index in [2.05, 4.69) is 5.32 Å². The molecule has 3 rings (SSSR count). The second-order valence-electron chi connectivity index (χ2n) is 9.07. The van der Waals surface area contributed by atoms with E-state index in [1.165, 1.54) is 0 Å². The second kappa shape index (κ2) is 13.3. The van der Waals surface area contributed by atoms with Gasteiger partial charge in [0.2, 0.25) is 11.8 Å². The van der Waals surface area contributed by atoms with Gasteiger partial charge in [0.15, 0.2) is 11.5 Å². The molecule has 0 fully saturated rings. The number of benzene rings is 3. The monoisotopic (exact) mass is 488 g/mol. The highest BCUT2D eigenvalue weighted by atomic mass is 16.5. The smallest absolute Gasteiger partial charge is 0.243 e. The standard InChI is InChI=1S/C30H36N2O4/c1-22(2)31-30(34)26(19-23-11-7-5-8-12-23)32(21-25-13-9-6-10-14-25)29(33)18-16-24-15-17-27(35-3)28(20-24)36-4/h5-15,17,20,22,26H,16,18-19,21H2,1-4H3,(H,31,34). The molecular formula is C30H36N2O4. The van der Waals surface area contributed by atoms with Gasteiger partial charge in [0, 0.05) is 25.4 Å². The lowest BCUT2D eigenvalue weighted by atomic mass is 10.0. The maximum atomic E-state index is 13.7. The van der Waals surface area contributed by atoms with Crippen LogP contribution in [0.4, 0.5) is 0 Å². The van der Waals surface area contributed by atoms with Crippen molar-refractivity contribution in [1.29, 1.82) is 0 Å². The van der Waals surface area contributed by atoms with E-state index in [0.29, 0.717) is 30.9 Å². The van der Waals surface area contributed by atoms with Crippen molar-refractivity contribution in [1.82, 2.24) is 10.2 Å². The summed E-state index contributed by atoms with van der Waals surface area (Å²) in [6.07, 6.45) is 1.23. The van der Waals surface area contributed by atoms with Crippen molar-refractivity contribution in [3.63, 3.8) is 0 Å². The Balaban J connectivity index is 1.88. The zero-order chi connectivity index (χ0) is 25.9. The Kier molecular flexibility index (Phi) is 9.92. The van der Waals surface area contributed by atoms with Crippen molar-refractivity contribution in [3.05, 3.63) is 95.6 Å². The van der Waals surface area contributed by atoms with Crippen LogP contribution in [0.2, 0.25) is 0 Å². The van der Waals surface area contributed by atoms with E-state index >= 15 is 0 Å². The molecule has 3 aromatic carbocycles. The highest BCUT2D eigenvalue weighted by Crippen LogP contribution is 2.28. The number of nitrogens with one attached hydrogen (secondary N) is 1. The van der Waals surface area contributed by atoms with Crippen molar-refractivity contribution in [2.45, 2.75) is 51.7 Å².